The third-order valence-corrected chi connectivity index (χ3v) is 5.31. The molecule has 8 nitrogen and oxygen atoms in total. The predicted octanol–water partition coefficient (Wildman–Crippen LogP) is 3.21. The van der Waals surface area contributed by atoms with Gasteiger partial charge >= 0.3 is 12.0 Å². The van der Waals surface area contributed by atoms with E-state index in [1.807, 2.05) is 74.4 Å². The van der Waals surface area contributed by atoms with Crippen LogP contribution in [0.5, 0.6) is 0 Å². The molecular formula is C21H28N4O4S. The first-order valence-electron chi connectivity index (χ1n) is 9.40. The number of aliphatic hydroxyl groups excluding tert-OH is 1. The lowest BCUT2D eigenvalue weighted by Crippen LogP contribution is -2.40. The van der Waals surface area contributed by atoms with Gasteiger partial charge in [0.15, 0.2) is 0 Å². The first-order chi connectivity index (χ1) is 14.2. The topological polar surface area (TPSA) is 96.4 Å². The SMILES string of the molecule is CCO.CN(C)c1ccc2c(c1)Sc1cc(N(C)C)ccc1N2C(=O)NCC(=O)O. The lowest BCUT2D eigenvalue weighted by atomic mass is 10.2. The van der Waals surface area contributed by atoms with Gasteiger partial charge < -0.3 is 25.3 Å². The zero-order valence-electron chi connectivity index (χ0n) is 17.8. The van der Waals surface area contributed by atoms with Gasteiger partial charge in [0, 0.05) is 56.0 Å². The second kappa shape index (κ2) is 10.2. The number of anilines is 4. The number of aliphatic hydroxyl groups is 1. The number of rotatable bonds is 4. The molecule has 0 unspecified atom stereocenters. The highest BCUT2D eigenvalue weighted by Gasteiger charge is 2.29. The van der Waals surface area contributed by atoms with Crippen molar-refractivity contribution in [1.29, 1.82) is 0 Å². The van der Waals surface area contributed by atoms with Crippen molar-refractivity contribution >= 4 is 46.5 Å². The maximum Gasteiger partial charge on any atom is 0.327 e. The third-order valence-electron chi connectivity index (χ3n) is 4.22. The fourth-order valence-electron chi connectivity index (χ4n) is 2.79. The second-order valence-corrected chi connectivity index (χ2v) is 7.98. The number of aliphatic carboxylic acids is 1. The standard InChI is InChI=1S/C19H22N4O3S.C2H6O/c1-21(2)12-5-7-14-16(9-12)27-17-10-13(22(3)4)6-8-15(17)23(14)19(26)20-11-18(24)25;1-2-3/h5-10H,11H2,1-4H3,(H,20,26)(H,24,25);3H,2H2,1H3. The monoisotopic (exact) mass is 432 g/mol. The van der Waals surface area contributed by atoms with Crippen molar-refractivity contribution in [3.63, 3.8) is 0 Å². The summed E-state index contributed by atoms with van der Waals surface area (Å²) < 4.78 is 0. The summed E-state index contributed by atoms with van der Waals surface area (Å²) in [7, 11) is 7.85. The summed E-state index contributed by atoms with van der Waals surface area (Å²) in [6.07, 6.45) is 0. The van der Waals surface area contributed by atoms with Gasteiger partial charge in [-0.25, -0.2) is 4.79 Å². The zero-order valence-corrected chi connectivity index (χ0v) is 18.7. The number of hydrogen-bond donors (Lipinski definition) is 3. The summed E-state index contributed by atoms with van der Waals surface area (Å²) >= 11 is 1.60. The van der Waals surface area contributed by atoms with Gasteiger partial charge in [0.05, 0.1) is 11.4 Å². The number of urea groups is 1. The molecule has 3 N–H and O–H groups in total. The molecule has 2 amide bonds. The van der Waals surface area contributed by atoms with E-state index in [4.69, 9.17) is 10.2 Å². The average molecular weight is 433 g/mol. The van der Waals surface area contributed by atoms with Gasteiger partial charge in [-0.3, -0.25) is 9.69 Å². The van der Waals surface area contributed by atoms with Crippen LogP contribution >= 0.6 is 11.8 Å². The molecule has 0 fully saturated rings. The van der Waals surface area contributed by atoms with Crippen molar-refractivity contribution in [2.24, 2.45) is 0 Å². The molecule has 0 spiro atoms. The Balaban J connectivity index is 0.00000101. The molecule has 0 atom stereocenters. The number of carbonyl (C=O) groups is 2. The molecule has 0 radical (unpaired) electrons. The van der Waals surface area contributed by atoms with Crippen molar-refractivity contribution in [3.05, 3.63) is 36.4 Å². The van der Waals surface area contributed by atoms with Crippen LogP contribution in [0.3, 0.4) is 0 Å². The summed E-state index contributed by atoms with van der Waals surface area (Å²) in [6.45, 7) is 1.50. The Hall–Kier alpha value is -2.91. The lowest BCUT2D eigenvalue weighted by molar-refractivity contribution is -0.135. The summed E-state index contributed by atoms with van der Waals surface area (Å²) in [4.78, 5) is 31.1. The van der Waals surface area contributed by atoms with Crippen molar-refractivity contribution < 1.29 is 19.8 Å². The summed E-state index contributed by atoms with van der Waals surface area (Å²) in [6, 6.07) is 11.3. The van der Waals surface area contributed by atoms with Crippen LogP contribution in [-0.2, 0) is 4.79 Å². The number of benzene rings is 2. The van der Waals surface area contributed by atoms with E-state index in [0.717, 1.165) is 32.5 Å². The fourth-order valence-corrected chi connectivity index (χ4v) is 3.92. The number of amides is 2. The highest BCUT2D eigenvalue weighted by atomic mass is 32.2. The van der Waals surface area contributed by atoms with E-state index >= 15 is 0 Å². The molecular weight excluding hydrogens is 404 g/mol. The van der Waals surface area contributed by atoms with Crippen molar-refractivity contribution in [2.75, 3.05) is 56.0 Å². The van der Waals surface area contributed by atoms with Gasteiger partial charge in [-0.2, -0.15) is 0 Å². The molecule has 0 aliphatic carbocycles. The molecule has 30 heavy (non-hydrogen) atoms. The third kappa shape index (κ3) is 5.37. The van der Waals surface area contributed by atoms with Crippen LogP contribution < -0.4 is 20.0 Å². The Kier molecular flexibility index (Phi) is 7.96. The van der Waals surface area contributed by atoms with Crippen LogP contribution in [0.15, 0.2) is 46.2 Å². The molecule has 0 saturated carbocycles. The van der Waals surface area contributed by atoms with Crippen LogP contribution in [0.2, 0.25) is 0 Å². The molecule has 1 aliphatic rings. The van der Waals surface area contributed by atoms with Gasteiger partial charge in [-0.05, 0) is 43.3 Å². The number of hydrogen-bond acceptors (Lipinski definition) is 6. The summed E-state index contributed by atoms with van der Waals surface area (Å²) in [5.41, 5.74) is 3.52. The fraction of sp³-hybridized carbons (Fsp3) is 0.333. The maximum absolute atomic E-state index is 12.8. The minimum absolute atomic E-state index is 0.250. The van der Waals surface area contributed by atoms with Crippen LogP contribution in [0.4, 0.5) is 27.5 Å². The summed E-state index contributed by atoms with van der Waals surface area (Å²) in [5.74, 6) is -1.08. The predicted molar refractivity (Wildman–Crippen MR) is 122 cm³/mol. The largest absolute Gasteiger partial charge is 0.480 e. The minimum atomic E-state index is -1.08. The van der Waals surface area contributed by atoms with E-state index in [2.05, 4.69) is 5.32 Å². The van der Waals surface area contributed by atoms with E-state index in [9.17, 15) is 9.59 Å². The van der Waals surface area contributed by atoms with Crippen LogP contribution in [0.25, 0.3) is 0 Å². The van der Waals surface area contributed by atoms with Crippen molar-refractivity contribution in [2.45, 2.75) is 16.7 Å². The number of nitrogens with zero attached hydrogens (tertiary/aromatic N) is 3. The van der Waals surface area contributed by atoms with E-state index in [1.165, 1.54) is 0 Å². The van der Waals surface area contributed by atoms with Gasteiger partial charge in [-0.15, -0.1) is 0 Å². The van der Waals surface area contributed by atoms with Crippen molar-refractivity contribution in [3.8, 4) is 0 Å². The maximum atomic E-state index is 12.8. The molecule has 1 heterocycles. The Morgan fingerprint density at radius 2 is 1.40 bits per heavy atom. The second-order valence-electron chi connectivity index (χ2n) is 6.90. The Morgan fingerprint density at radius 3 is 1.77 bits per heavy atom. The Bertz CT molecular complexity index is 860. The number of nitrogens with one attached hydrogen (secondary N) is 1. The normalized spacial score (nSPS) is 11.5. The number of fused-ring (bicyclic) bond motifs is 2. The first kappa shape index (κ1) is 23.4. The first-order valence-corrected chi connectivity index (χ1v) is 10.2. The van der Waals surface area contributed by atoms with Crippen LogP contribution in [-0.4, -0.2) is 63.6 Å². The van der Waals surface area contributed by atoms with Gasteiger partial charge in [0.25, 0.3) is 0 Å². The molecule has 0 aromatic heterocycles. The highest BCUT2D eigenvalue weighted by Crippen LogP contribution is 2.50. The van der Waals surface area contributed by atoms with Crippen LogP contribution in [0, 0.1) is 0 Å². The Labute approximate surface area is 181 Å². The molecule has 2 aromatic rings. The molecule has 3 rings (SSSR count). The highest BCUT2D eigenvalue weighted by molar-refractivity contribution is 7.99. The average Bonchev–Trinajstić information content (AvgIpc) is 2.69. The van der Waals surface area contributed by atoms with E-state index in [1.54, 1.807) is 23.6 Å². The van der Waals surface area contributed by atoms with E-state index < -0.39 is 18.5 Å². The molecule has 162 valence electrons. The van der Waals surface area contributed by atoms with E-state index in [-0.39, 0.29) is 6.61 Å². The summed E-state index contributed by atoms with van der Waals surface area (Å²) in [5, 5.41) is 18.9. The minimum Gasteiger partial charge on any atom is -0.480 e. The smallest absolute Gasteiger partial charge is 0.327 e. The molecule has 9 heteroatoms. The lowest BCUT2D eigenvalue weighted by Gasteiger charge is -2.32. The quantitative estimate of drug-likeness (QED) is 0.683. The number of carboxylic acids is 1. The van der Waals surface area contributed by atoms with E-state index in [0.29, 0.717) is 0 Å². The Morgan fingerprint density at radius 1 is 0.967 bits per heavy atom. The molecule has 1 aliphatic heterocycles. The van der Waals surface area contributed by atoms with Gasteiger partial charge in [0.2, 0.25) is 0 Å². The number of carboxylic acid groups (broad SMARTS) is 1. The van der Waals surface area contributed by atoms with Crippen LogP contribution in [0.1, 0.15) is 6.92 Å². The number of carbonyl (C=O) groups excluding carboxylic acids is 1. The molecule has 0 saturated heterocycles. The van der Waals surface area contributed by atoms with Gasteiger partial charge in [0.1, 0.15) is 6.54 Å². The molecule has 0 bridgehead atoms. The zero-order chi connectivity index (χ0) is 22.4. The van der Waals surface area contributed by atoms with Gasteiger partial charge in [-0.1, -0.05) is 11.8 Å². The van der Waals surface area contributed by atoms with Crippen molar-refractivity contribution in [1.82, 2.24) is 5.32 Å². The molecule has 2 aromatic carbocycles.